The summed E-state index contributed by atoms with van der Waals surface area (Å²) in [5, 5.41) is 9.10. The zero-order valence-corrected chi connectivity index (χ0v) is 13.1. The van der Waals surface area contributed by atoms with Gasteiger partial charge in [0.05, 0.1) is 10.5 Å². The van der Waals surface area contributed by atoms with Crippen molar-refractivity contribution in [3.8, 4) is 0 Å². The molecule has 0 aromatic heterocycles. The van der Waals surface area contributed by atoms with E-state index in [-0.39, 0.29) is 16.5 Å². The van der Waals surface area contributed by atoms with Gasteiger partial charge in [0, 0.05) is 6.04 Å². The smallest absolute Gasteiger partial charge is 0.335 e. The second-order valence-electron chi connectivity index (χ2n) is 5.77. The number of carboxylic acids is 1. The second-order valence-corrected chi connectivity index (χ2v) is 7.49. The van der Waals surface area contributed by atoms with E-state index >= 15 is 0 Å². The summed E-state index contributed by atoms with van der Waals surface area (Å²) in [5.74, 6) is -0.812. The van der Waals surface area contributed by atoms with Crippen LogP contribution in [0.2, 0.25) is 0 Å². The summed E-state index contributed by atoms with van der Waals surface area (Å²) in [6, 6.07) is 4.14. The Kier molecular flexibility index (Phi) is 4.68. The molecule has 2 rings (SSSR count). The second kappa shape index (κ2) is 6.15. The molecule has 1 aliphatic carbocycles. The Morgan fingerprint density at radius 2 is 1.95 bits per heavy atom. The molecule has 1 aromatic rings. The maximum Gasteiger partial charge on any atom is 0.335 e. The molecule has 0 spiro atoms. The average Bonchev–Trinajstić information content (AvgIpc) is 2.41. The molecule has 0 radical (unpaired) electrons. The van der Waals surface area contributed by atoms with Crippen molar-refractivity contribution >= 4 is 16.0 Å². The minimum absolute atomic E-state index is 0.0169. The molecule has 0 bridgehead atoms. The van der Waals surface area contributed by atoms with Gasteiger partial charge in [0.1, 0.15) is 0 Å². The molecular weight excluding hydrogens is 290 g/mol. The van der Waals surface area contributed by atoms with E-state index in [0.29, 0.717) is 11.5 Å². The Morgan fingerprint density at radius 1 is 1.29 bits per heavy atom. The lowest BCUT2D eigenvalue weighted by atomic mass is 9.87. The molecule has 0 saturated heterocycles. The maximum absolute atomic E-state index is 12.4. The van der Waals surface area contributed by atoms with Gasteiger partial charge in [-0.05, 0) is 43.4 Å². The van der Waals surface area contributed by atoms with Crippen molar-refractivity contribution in [3.63, 3.8) is 0 Å². The number of benzene rings is 1. The normalized spacial score (nSPS) is 23.0. The third-order valence-corrected chi connectivity index (χ3v) is 5.66. The van der Waals surface area contributed by atoms with E-state index < -0.39 is 16.0 Å². The Balaban J connectivity index is 2.27. The summed E-state index contributed by atoms with van der Waals surface area (Å²) >= 11 is 0. The molecule has 1 aromatic carbocycles. The first-order valence-electron chi connectivity index (χ1n) is 7.17. The Morgan fingerprint density at radius 3 is 2.57 bits per heavy atom. The lowest BCUT2D eigenvalue weighted by Gasteiger charge is -2.29. The molecular formula is C15H21NO4S. The molecule has 1 saturated carbocycles. The standard InChI is InChI=1S/C15H21NO4S/c1-10-7-8-12(9-13(10)15(17)18)21(19,20)16-14-6-4-3-5-11(14)2/h7-9,11,14,16H,3-6H2,1-2H3,(H,17,18). The molecule has 1 aliphatic rings. The molecule has 116 valence electrons. The molecule has 6 heteroatoms. The number of aromatic carboxylic acids is 1. The highest BCUT2D eigenvalue weighted by Crippen LogP contribution is 2.25. The monoisotopic (exact) mass is 311 g/mol. The van der Waals surface area contributed by atoms with Crippen molar-refractivity contribution in [1.29, 1.82) is 0 Å². The number of nitrogens with one attached hydrogen (secondary N) is 1. The summed E-state index contributed by atoms with van der Waals surface area (Å²) in [6.07, 6.45) is 4.00. The van der Waals surface area contributed by atoms with Gasteiger partial charge in [0.2, 0.25) is 10.0 Å². The summed E-state index contributed by atoms with van der Waals surface area (Å²) in [7, 11) is -3.68. The van der Waals surface area contributed by atoms with Crippen LogP contribution < -0.4 is 4.72 Å². The minimum atomic E-state index is -3.68. The van der Waals surface area contributed by atoms with E-state index in [0.717, 1.165) is 25.7 Å². The van der Waals surface area contributed by atoms with Crippen LogP contribution in [0.3, 0.4) is 0 Å². The summed E-state index contributed by atoms with van der Waals surface area (Å²) in [5.41, 5.74) is 0.571. The average molecular weight is 311 g/mol. The van der Waals surface area contributed by atoms with Crippen LogP contribution >= 0.6 is 0 Å². The molecule has 0 aliphatic heterocycles. The van der Waals surface area contributed by atoms with Gasteiger partial charge in [0.15, 0.2) is 0 Å². The van der Waals surface area contributed by atoms with Gasteiger partial charge in [-0.2, -0.15) is 0 Å². The van der Waals surface area contributed by atoms with Gasteiger partial charge in [-0.1, -0.05) is 25.8 Å². The van der Waals surface area contributed by atoms with Gasteiger partial charge < -0.3 is 5.11 Å². The van der Waals surface area contributed by atoms with E-state index in [1.54, 1.807) is 6.92 Å². The highest BCUT2D eigenvalue weighted by Gasteiger charge is 2.27. The lowest BCUT2D eigenvalue weighted by molar-refractivity contribution is 0.0696. The number of carbonyl (C=O) groups is 1. The maximum atomic E-state index is 12.4. The predicted molar refractivity (Wildman–Crippen MR) is 79.9 cm³/mol. The van der Waals surface area contributed by atoms with Crippen LogP contribution in [0.15, 0.2) is 23.1 Å². The van der Waals surface area contributed by atoms with Crippen LogP contribution in [0, 0.1) is 12.8 Å². The minimum Gasteiger partial charge on any atom is -0.478 e. The van der Waals surface area contributed by atoms with Gasteiger partial charge in [-0.15, -0.1) is 0 Å². The van der Waals surface area contributed by atoms with E-state index in [4.69, 9.17) is 5.11 Å². The number of hydrogen-bond acceptors (Lipinski definition) is 3. The fourth-order valence-corrected chi connectivity index (χ4v) is 4.16. The van der Waals surface area contributed by atoms with Crippen molar-refractivity contribution in [2.75, 3.05) is 0 Å². The van der Waals surface area contributed by atoms with Crippen LogP contribution in [0.4, 0.5) is 0 Å². The fraction of sp³-hybridized carbons (Fsp3) is 0.533. The summed E-state index contributed by atoms with van der Waals surface area (Å²) < 4.78 is 27.6. The first-order valence-corrected chi connectivity index (χ1v) is 8.66. The number of rotatable bonds is 4. The summed E-state index contributed by atoms with van der Waals surface area (Å²) in [6.45, 7) is 3.70. The van der Waals surface area contributed by atoms with Crippen LogP contribution in [-0.2, 0) is 10.0 Å². The number of aryl methyl sites for hydroxylation is 1. The molecule has 2 N–H and O–H groups in total. The number of sulfonamides is 1. The third-order valence-electron chi connectivity index (χ3n) is 4.17. The zero-order chi connectivity index (χ0) is 15.6. The van der Waals surface area contributed by atoms with Gasteiger partial charge in [0.25, 0.3) is 0 Å². The van der Waals surface area contributed by atoms with Crippen molar-refractivity contribution < 1.29 is 18.3 Å². The molecule has 21 heavy (non-hydrogen) atoms. The highest BCUT2D eigenvalue weighted by atomic mass is 32.2. The van der Waals surface area contributed by atoms with E-state index in [1.165, 1.54) is 18.2 Å². The van der Waals surface area contributed by atoms with E-state index in [2.05, 4.69) is 4.72 Å². The third kappa shape index (κ3) is 3.63. The highest BCUT2D eigenvalue weighted by molar-refractivity contribution is 7.89. The largest absolute Gasteiger partial charge is 0.478 e. The van der Waals surface area contributed by atoms with Crippen LogP contribution in [0.25, 0.3) is 0 Å². The zero-order valence-electron chi connectivity index (χ0n) is 12.3. The van der Waals surface area contributed by atoms with Crippen molar-refractivity contribution in [3.05, 3.63) is 29.3 Å². The van der Waals surface area contributed by atoms with Crippen LogP contribution in [-0.4, -0.2) is 25.5 Å². The topological polar surface area (TPSA) is 83.5 Å². The molecule has 0 amide bonds. The predicted octanol–water partition coefficient (Wildman–Crippen LogP) is 2.55. The Hall–Kier alpha value is -1.40. The van der Waals surface area contributed by atoms with Crippen LogP contribution in [0.1, 0.15) is 48.5 Å². The Labute approximate surface area is 125 Å². The first kappa shape index (κ1) is 16.0. The fourth-order valence-electron chi connectivity index (χ4n) is 2.76. The van der Waals surface area contributed by atoms with Crippen molar-refractivity contribution in [2.24, 2.45) is 5.92 Å². The van der Waals surface area contributed by atoms with Crippen molar-refractivity contribution in [2.45, 2.75) is 50.5 Å². The van der Waals surface area contributed by atoms with Gasteiger partial charge in [-0.25, -0.2) is 17.9 Å². The van der Waals surface area contributed by atoms with Crippen molar-refractivity contribution in [1.82, 2.24) is 4.72 Å². The molecule has 2 atom stereocenters. The SMILES string of the molecule is Cc1ccc(S(=O)(=O)NC2CCCCC2C)cc1C(=O)O. The van der Waals surface area contributed by atoms with Gasteiger partial charge >= 0.3 is 5.97 Å². The van der Waals surface area contributed by atoms with Gasteiger partial charge in [-0.3, -0.25) is 0 Å². The lowest BCUT2D eigenvalue weighted by Crippen LogP contribution is -2.41. The van der Waals surface area contributed by atoms with E-state index in [9.17, 15) is 13.2 Å². The first-order chi connectivity index (χ1) is 9.81. The molecule has 1 fully saturated rings. The number of hydrogen-bond donors (Lipinski definition) is 2. The van der Waals surface area contributed by atoms with E-state index in [1.807, 2.05) is 6.92 Å². The number of carboxylic acid groups (broad SMARTS) is 1. The quantitative estimate of drug-likeness (QED) is 0.895. The molecule has 0 heterocycles. The molecule has 5 nitrogen and oxygen atoms in total. The summed E-state index contributed by atoms with van der Waals surface area (Å²) in [4.78, 5) is 11.1. The van der Waals surface area contributed by atoms with Crippen LogP contribution in [0.5, 0.6) is 0 Å². The molecule has 2 unspecified atom stereocenters. The Bertz CT molecular complexity index is 639.